The molecule has 0 amide bonds. The summed E-state index contributed by atoms with van der Waals surface area (Å²) in [5, 5.41) is 2.82. The van der Waals surface area contributed by atoms with Gasteiger partial charge in [-0.15, -0.1) is 0 Å². The third kappa shape index (κ3) is 4.11. The van der Waals surface area contributed by atoms with Gasteiger partial charge in [-0.1, -0.05) is 13.8 Å². The fraction of sp³-hybridized carbons (Fsp3) is 0.643. The fourth-order valence-corrected chi connectivity index (χ4v) is 5.31. The summed E-state index contributed by atoms with van der Waals surface area (Å²) in [6, 6.07) is 3.96. The Hall–Kier alpha value is -0.790. The predicted molar refractivity (Wildman–Crippen MR) is 89.5 cm³/mol. The zero-order chi connectivity index (χ0) is 15.3. The van der Waals surface area contributed by atoms with E-state index in [2.05, 4.69) is 17.2 Å². The molecule has 1 unspecified atom stereocenters. The van der Waals surface area contributed by atoms with E-state index in [-0.39, 0.29) is 5.75 Å². The molecule has 1 atom stereocenters. The van der Waals surface area contributed by atoms with E-state index in [1.165, 1.54) is 0 Å². The molecule has 1 fully saturated rings. The van der Waals surface area contributed by atoms with E-state index in [9.17, 15) is 8.42 Å². The fourth-order valence-electron chi connectivity index (χ4n) is 2.33. The quantitative estimate of drug-likeness (QED) is 0.853. The van der Waals surface area contributed by atoms with E-state index in [4.69, 9.17) is 0 Å². The number of sulfone groups is 1. The number of aromatic nitrogens is 1. The van der Waals surface area contributed by atoms with Crippen molar-refractivity contribution in [3.8, 4) is 0 Å². The van der Waals surface area contributed by atoms with Crippen LogP contribution in [0.1, 0.15) is 19.4 Å². The third-order valence-electron chi connectivity index (χ3n) is 3.58. The van der Waals surface area contributed by atoms with Gasteiger partial charge in [0.2, 0.25) is 0 Å². The molecule has 1 saturated heterocycles. The molecule has 0 aromatic carbocycles. The first-order valence-corrected chi connectivity index (χ1v) is 10.2. The number of thioether (sulfide) groups is 1. The number of anilines is 1. The molecule has 0 radical (unpaired) electrons. The van der Waals surface area contributed by atoms with Crippen LogP contribution in [0.5, 0.6) is 0 Å². The van der Waals surface area contributed by atoms with Crippen LogP contribution in [-0.4, -0.2) is 49.1 Å². The second-order valence-electron chi connectivity index (χ2n) is 4.98. The Morgan fingerprint density at radius 1 is 1.48 bits per heavy atom. The molecule has 1 aliphatic heterocycles. The summed E-state index contributed by atoms with van der Waals surface area (Å²) in [7, 11) is -3.10. The van der Waals surface area contributed by atoms with Crippen LogP contribution in [0.15, 0.2) is 18.3 Å². The zero-order valence-corrected chi connectivity index (χ0v) is 14.2. The maximum absolute atomic E-state index is 12.3. The van der Waals surface area contributed by atoms with Crippen molar-refractivity contribution in [1.29, 1.82) is 0 Å². The second-order valence-corrected chi connectivity index (χ2v) is 8.57. The van der Waals surface area contributed by atoms with Crippen molar-refractivity contribution in [3.63, 3.8) is 0 Å². The van der Waals surface area contributed by atoms with Crippen molar-refractivity contribution >= 4 is 27.4 Å². The number of nitrogens with one attached hydrogen (secondary N) is 1. The molecule has 2 rings (SSSR count). The first-order chi connectivity index (χ1) is 10.1. The highest BCUT2D eigenvalue weighted by atomic mass is 32.2. The minimum absolute atomic E-state index is 0.172. The van der Waals surface area contributed by atoms with Crippen LogP contribution >= 0.6 is 11.8 Å². The van der Waals surface area contributed by atoms with Crippen molar-refractivity contribution in [1.82, 2.24) is 10.3 Å². The molecule has 2 heterocycles. The van der Waals surface area contributed by atoms with Gasteiger partial charge in [-0.05, 0) is 24.2 Å². The Labute approximate surface area is 131 Å². The van der Waals surface area contributed by atoms with Crippen molar-refractivity contribution in [2.24, 2.45) is 0 Å². The monoisotopic (exact) mass is 329 g/mol. The smallest absolute Gasteiger partial charge is 0.171 e. The number of rotatable bonds is 6. The van der Waals surface area contributed by atoms with Crippen LogP contribution in [0.3, 0.4) is 0 Å². The lowest BCUT2D eigenvalue weighted by atomic mass is 10.2. The maximum Gasteiger partial charge on any atom is 0.171 e. The molecule has 21 heavy (non-hydrogen) atoms. The van der Waals surface area contributed by atoms with Gasteiger partial charge in [-0.2, -0.15) is 11.8 Å². The summed E-state index contributed by atoms with van der Waals surface area (Å²) < 4.78 is 24.6. The van der Waals surface area contributed by atoms with Gasteiger partial charge in [0, 0.05) is 36.5 Å². The highest BCUT2D eigenvalue weighted by Crippen LogP contribution is 2.26. The highest BCUT2D eigenvalue weighted by Gasteiger charge is 2.33. The highest BCUT2D eigenvalue weighted by molar-refractivity contribution is 8.01. The van der Waals surface area contributed by atoms with Crippen molar-refractivity contribution in [3.05, 3.63) is 23.9 Å². The molecule has 1 aromatic heterocycles. The van der Waals surface area contributed by atoms with Crippen LogP contribution in [-0.2, 0) is 16.4 Å². The molecule has 5 nitrogen and oxygen atoms in total. The first-order valence-electron chi connectivity index (χ1n) is 7.30. The van der Waals surface area contributed by atoms with E-state index in [1.54, 1.807) is 24.9 Å². The molecule has 1 aromatic rings. The van der Waals surface area contributed by atoms with Crippen LogP contribution in [0.4, 0.5) is 5.82 Å². The van der Waals surface area contributed by atoms with Crippen molar-refractivity contribution < 1.29 is 8.42 Å². The minimum Gasteiger partial charge on any atom is -0.338 e. The molecule has 0 aliphatic carbocycles. The SMILES string of the molecule is CCNCc1ccnc(N2CCSCC2S(=O)(=O)CC)c1. The van der Waals surface area contributed by atoms with Gasteiger partial charge >= 0.3 is 0 Å². The molecule has 118 valence electrons. The average molecular weight is 329 g/mol. The molecule has 1 aliphatic rings. The van der Waals surface area contributed by atoms with Gasteiger partial charge in [0.05, 0.1) is 0 Å². The Morgan fingerprint density at radius 3 is 3.00 bits per heavy atom. The Kier molecular flexibility index (Phi) is 5.89. The van der Waals surface area contributed by atoms with Crippen LogP contribution in [0.25, 0.3) is 0 Å². The summed E-state index contributed by atoms with van der Waals surface area (Å²) in [4.78, 5) is 6.34. The number of pyridine rings is 1. The van der Waals surface area contributed by atoms with Gasteiger partial charge in [-0.3, -0.25) is 0 Å². The molecule has 0 spiro atoms. The third-order valence-corrected chi connectivity index (χ3v) is 6.87. The zero-order valence-electron chi connectivity index (χ0n) is 12.6. The molecule has 0 bridgehead atoms. The Balaban J connectivity index is 2.25. The average Bonchev–Trinajstić information content (AvgIpc) is 2.53. The summed E-state index contributed by atoms with van der Waals surface area (Å²) in [5.74, 6) is 2.50. The van der Waals surface area contributed by atoms with Gasteiger partial charge < -0.3 is 10.2 Å². The number of nitrogens with zero attached hydrogens (tertiary/aromatic N) is 2. The van der Waals surface area contributed by atoms with E-state index < -0.39 is 15.2 Å². The summed E-state index contributed by atoms with van der Waals surface area (Å²) >= 11 is 1.70. The van der Waals surface area contributed by atoms with Crippen LogP contribution in [0, 0.1) is 0 Å². The minimum atomic E-state index is -3.10. The van der Waals surface area contributed by atoms with E-state index in [0.29, 0.717) is 5.75 Å². The van der Waals surface area contributed by atoms with E-state index in [0.717, 1.165) is 36.8 Å². The van der Waals surface area contributed by atoms with Gasteiger partial charge in [0.25, 0.3) is 0 Å². The van der Waals surface area contributed by atoms with Crippen LogP contribution < -0.4 is 10.2 Å². The molecule has 0 saturated carbocycles. The lowest BCUT2D eigenvalue weighted by molar-refractivity contribution is 0.579. The van der Waals surface area contributed by atoms with Gasteiger partial charge in [-0.25, -0.2) is 13.4 Å². The molecule has 1 N–H and O–H groups in total. The maximum atomic E-state index is 12.3. The van der Waals surface area contributed by atoms with Gasteiger partial charge in [0.15, 0.2) is 9.84 Å². The topological polar surface area (TPSA) is 62.3 Å². The lowest BCUT2D eigenvalue weighted by Crippen LogP contribution is -2.48. The Morgan fingerprint density at radius 2 is 2.29 bits per heavy atom. The van der Waals surface area contributed by atoms with Gasteiger partial charge in [0.1, 0.15) is 11.2 Å². The summed E-state index contributed by atoms with van der Waals surface area (Å²) in [5.41, 5.74) is 1.13. The first kappa shape index (κ1) is 16.6. The lowest BCUT2D eigenvalue weighted by Gasteiger charge is -2.35. The standard InChI is InChI=1S/C14H23N3O2S2/c1-3-15-10-12-5-6-16-13(9-12)17-7-8-20-11-14(17)21(18,19)4-2/h5-6,9,14-15H,3-4,7-8,10-11H2,1-2H3. The molecular formula is C14H23N3O2S2. The van der Waals surface area contributed by atoms with E-state index >= 15 is 0 Å². The normalized spacial score (nSPS) is 19.7. The van der Waals surface area contributed by atoms with Crippen molar-refractivity contribution in [2.45, 2.75) is 25.8 Å². The molecule has 7 heteroatoms. The second kappa shape index (κ2) is 7.47. The summed E-state index contributed by atoms with van der Waals surface area (Å²) in [6.07, 6.45) is 1.76. The number of hydrogen-bond donors (Lipinski definition) is 1. The van der Waals surface area contributed by atoms with E-state index in [1.807, 2.05) is 17.0 Å². The summed E-state index contributed by atoms with van der Waals surface area (Å²) in [6.45, 7) is 6.19. The van der Waals surface area contributed by atoms with Crippen LogP contribution in [0.2, 0.25) is 0 Å². The Bertz CT molecular complexity index is 563. The largest absolute Gasteiger partial charge is 0.338 e. The molecular weight excluding hydrogens is 306 g/mol. The predicted octanol–water partition coefficient (Wildman–Crippen LogP) is 1.51. The van der Waals surface area contributed by atoms with Crippen molar-refractivity contribution in [2.75, 3.05) is 35.2 Å². The number of hydrogen-bond acceptors (Lipinski definition) is 6.